The van der Waals surface area contributed by atoms with Crippen molar-refractivity contribution in [3.8, 4) is 0 Å². The average molecular weight is 145 g/mol. The van der Waals surface area contributed by atoms with Gasteiger partial charge in [0.2, 0.25) is 0 Å². The van der Waals surface area contributed by atoms with E-state index in [2.05, 4.69) is 0 Å². The quantitative estimate of drug-likeness (QED) is 0.462. The summed E-state index contributed by atoms with van der Waals surface area (Å²) in [5, 5.41) is 0. The second kappa shape index (κ2) is 2.86. The monoisotopic (exact) mass is 145 g/mol. The molecule has 2 unspecified atom stereocenters. The molecule has 60 valence electrons. The summed E-state index contributed by atoms with van der Waals surface area (Å²) in [6.45, 7) is 5.36. The van der Waals surface area contributed by atoms with E-state index < -0.39 is 5.72 Å². The van der Waals surface area contributed by atoms with Gasteiger partial charge in [0.05, 0.1) is 13.2 Å². The Morgan fingerprint density at radius 3 is 2.80 bits per heavy atom. The largest absolute Gasteiger partial charge is 0.371 e. The Bertz CT molecular complexity index is 110. The standard InChI is InChI=1S/C7H15NO2/c1-3-7(2,8)10-5-6-4-9-6/h6H,3-5,8H2,1-2H3. The van der Waals surface area contributed by atoms with E-state index in [9.17, 15) is 0 Å². The number of ether oxygens (including phenoxy) is 2. The van der Waals surface area contributed by atoms with Gasteiger partial charge in [0.25, 0.3) is 0 Å². The SMILES string of the molecule is CCC(C)(N)OCC1CO1. The first kappa shape index (κ1) is 7.98. The van der Waals surface area contributed by atoms with Crippen molar-refractivity contribution in [2.24, 2.45) is 5.73 Å². The maximum Gasteiger partial charge on any atom is 0.113 e. The van der Waals surface area contributed by atoms with E-state index in [1.165, 1.54) is 0 Å². The fourth-order valence-electron chi connectivity index (χ4n) is 0.550. The van der Waals surface area contributed by atoms with Crippen LogP contribution in [0.1, 0.15) is 20.3 Å². The van der Waals surface area contributed by atoms with Crippen molar-refractivity contribution in [1.29, 1.82) is 0 Å². The van der Waals surface area contributed by atoms with Crippen LogP contribution in [0, 0.1) is 0 Å². The van der Waals surface area contributed by atoms with Crippen molar-refractivity contribution in [2.75, 3.05) is 13.2 Å². The highest BCUT2D eigenvalue weighted by Gasteiger charge is 2.26. The van der Waals surface area contributed by atoms with Gasteiger partial charge < -0.3 is 15.2 Å². The zero-order valence-electron chi connectivity index (χ0n) is 6.59. The van der Waals surface area contributed by atoms with Crippen molar-refractivity contribution in [3.63, 3.8) is 0 Å². The van der Waals surface area contributed by atoms with Crippen LogP contribution in [0.5, 0.6) is 0 Å². The smallest absolute Gasteiger partial charge is 0.113 e. The van der Waals surface area contributed by atoms with E-state index in [-0.39, 0.29) is 0 Å². The first-order chi connectivity index (χ1) is 4.64. The lowest BCUT2D eigenvalue weighted by Gasteiger charge is -2.22. The van der Waals surface area contributed by atoms with Gasteiger partial charge in [-0.3, -0.25) is 0 Å². The van der Waals surface area contributed by atoms with E-state index in [1.807, 2.05) is 13.8 Å². The molecule has 0 saturated carbocycles. The Morgan fingerprint density at radius 2 is 2.40 bits per heavy atom. The topological polar surface area (TPSA) is 47.8 Å². The molecule has 0 spiro atoms. The molecule has 1 aliphatic rings. The lowest BCUT2D eigenvalue weighted by Crippen LogP contribution is -2.39. The van der Waals surface area contributed by atoms with Crippen LogP contribution >= 0.6 is 0 Å². The summed E-state index contributed by atoms with van der Waals surface area (Å²) in [5.41, 5.74) is 5.25. The maximum absolute atomic E-state index is 5.71. The van der Waals surface area contributed by atoms with Gasteiger partial charge in [0.1, 0.15) is 11.8 Å². The van der Waals surface area contributed by atoms with E-state index in [0.29, 0.717) is 12.7 Å². The Hall–Kier alpha value is -0.120. The molecule has 2 atom stereocenters. The summed E-state index contributed by atoms with van der Waals surface area (Å²) in [6, 6.07) is 0. The number of hydrogen-bond donors (Lipinski definition) is 1. The van der Waals surface area contributed by atoms with Crippen molar-refractivity contribution < 1.29 is 9.47 Å². The molecule has 2 N–H and O–H groups in total. The highest BCUT2D eigenvalue weighted by Crippen LogP contribution is 2.13. The highest BCUT2D eigenvalue weighted by molar-refractivity contribution is 4.71. The highest BCUT2D eigenvalue weighted by atomic mass is 16.6. The molecular weight excluding hydrogens is 130 g/mol. The molecule has 0 aromatic heterocycles. The van der Waals surface area contributed by atoms with E-state index in [1.54, 1.807) is 0 Å². The fraction of sp³-hybridized carbons (Fsp3) is 1.00. The number of epoxide rings is 1. The normalized spacial score (nSPS) is 29.7. The molecule has 1 fully saturated rings. The predicted octanol–water partition coefficient (Wildman–Crippen LogP) is 0.487. The Balaban J connectivity index is 2.09. The minimum atomic E-state index is -0.466. The minimum absolute atomic E-state index is 0.314. The fourth-order valence-corrected chi connectivity index (χ4v) is 0.550. The lowest BCUT2D eigenvalue weighted by molar-refractivity contribution is -0.0359. The number of nitrogens with two attached hydrogens (primary N) is 1. The summed E-state index contributed by atoms with van der Waals surface area (Å²) in [5.74, 6) is 0. The van der Waals surface area contributed by atoms with Crippen LogP contribution in [-0.2, 0) is 9.47 Å². The summed E-state index contributed by atoms with van der Waals surface area (Å²) in [4.78, 5) is 0. The molecule has 0 aromatic rings. The molecular formula is C7H15NO2. The maximum atomic E-state index is 5.71. The van der Waals surface area contributed by atoms with Crippen LogP contribution in [0.15, 0.2) is 0 Å². The van der Waals surface area contributed by atoms with Gasteiger partial charge in [-0.1, -0.05) is 6.92 Å². The van der Waals surface area contributed by atoms with Crippen molar-refractivity contribution in [3.05, 3.63) is 0 Å². The Morgan fingerprint density at radius 1 is 1.80 bits per heavy atom. The van der Waals surface area contributed by atoms with Gasteiger partial charge in [-0.25, -0.2) is 0 Å². The molecule has 0 aliphatic carbocycles. The van der Waals surface area contributed by atoms with Gasteiger partial charge in [-0.05, 0) is 13.3 Å². The van der Waals surface area contributed by atoms with Crippen LogP contribution < -0.4 is 5.73 Å². The number of hydrogen-bond acceptors (Lipinski definition) is 3. The van der Waals surface area contributed by atoms with Gasteiger partial charge >= 0.3 is 0 Å². The summed E-state index contributed by atoms with van der Waals surface area (Å²) in [7, 11) is 0. The third-order valence-corrected chi connectivity index (χ3v) is 1.70. The second-order valence-electron chi connectivity index (χ2n) is 2.93. The van der Waals surface area contributed by atoms with Gasteiger partial charge in [0.15, 0.2) is 0 Å². The van der Waals surface area contributed by atoms with E-state index in [0.717, 1.165) is 13.0 Å². The van der Waals surface area contributed by atoms with Crippen molar-refractivity contribution in [1.82, 2.24) is 0 Å². The van der Waals surface area contributed by atoms with Crippen molar-refractivity contribution >= 4 is 0 Å². The zero-order chi connectivity index (χ0) is 7.61. The summed E-state index contributed by atoms with van der Waals surface area (Å²) in [6.07, 6.45) is 1.15. The van der Waals surface area contributed by atoms with Gasteiger partial charge in [-0.2, -0.15) is 0 Å². The lowest BCUT2D eigenvalue weighted by atomic mass is 10.2. The molecule has 1 saturated heterocycles. The van der Waals surface area contributed by atoms with Crippen LogP contribution in [0.2, 0.25) is 0 Å². The molecule has 10 heavy (non-hydrogen) atoms. The summed E-state index contributed by atoms with van der Waals surface area (Å²) >= 11 is 0. The molecule has 1 rings (SSSR count). The molecule has 0 bridgehead atoms. The first-order valence-electron chi connectivity index (χ1n) is 3.68. The second-order valence-corrected chi connectivity index (χ2v) is 2.93. The molecule has 1 heterocycles. The molecule has 0 aromatic carbocycles. The van der Waals surface area contributed by atoms with Crippen LogP contribution in [0.25, 0.3) is 0 Å². The number of rotatable bonds is 4. The van der Waals surface area contributed by atoms with E-state index >= 15 is 0 Å². The van der Waals surface area contributed by atoms with Crippen LogP contribution in [0.3, 0.4) is 0 Å². The van der Waals surface area contributed by atoms with E-state index in [4.69, 9.17) is 15.2 Å². The predicted molar refractivity (Wildman–Crippen MR) is 38.6 cm³/mol. The molecule has 1 aliphatic heterocycles. The zero-order valence-corrected chi connectivity index (χ0v) is 6.59. The molecule has 0 amide bonds. The van der Waals surface area contributed by atoms with Gasteiger partial charge in [-0.15, -0.1) is 0 Å². The van der Waals surface area contributed by atoms with Crippen LogP contribution in [0.4, 0.5) is 0 Å². The third-order valence-electron chi connectivity index (χ3n) is 1.70. The minimum Gasteiger partial charge on any atom is -0.371 e. The Labute approximate surface area is 61.5 Å². The van der Waals surface area contributed by atoms with Crippen LogP contribution in [-0.4, -0.2) is 25.0 Å². The third kappa shape index (κ3) is 2.64. The average Bonchev–Trinajstić information content (AvgIpc) is 2.66. The Kier molecular flexibility index (Phi) is 2.28. The summed E-state index contributed by atoms with van der Waals surface area (Å²) < 4.78 is 10.3. The van der Waals surface area contributed by atoms with Crippen molar-refractivity contribution in [2.45, 2.75) is 32.1 Å². The first-order valence-corrected chi connectivity index (χ1v) is 3.68. The molecule has 3 nitrogen and oxygen atoms in total. The van der Waals surface area contributed by atoms with Gasteiger partial charge in [0, 0.05) is 0 Å². The molecule has 0 radical (unpaired) electrons. The molecule has 3 heteroatoms.